The third-order valence-electron chi connectivity index (χ3n) is 3.59. The minimum atomic E-state index is -0.358. The van der Waals surface area contributed by atoms with E-state index in [-0.39, 0.29) is 5.97 Å². The average molecular weight is 327 g/mol. The van der Waals surface area contributed by atoms with E-state index in [9.17, 15) is 4.79 Å². The number of hydrogen-bond acceptors (Lipinski definition) is 3. The zero-order valence-corrected chi connectivity index (χ0v) is 13.6. The SMILES string of the molecule is COc1ccc(/C=C2\C=C(c3ccc(Cl)cc3)OC2=O)cc1C. The fourth-order valence-electron chi connectivity index (χ4n) is 2.42. The molecule has 0 unspecified atom stereocenters. The van der Waals surface area contributed by atoms with Gasteiger partial charge in [0.05, 0.1) is 12.7 Å². The number of rotatable bonds is 3. The second kappa shape index (κ2) is 6.31. The maximum atomic E-state index is 12.0. The predicted molar refractivity (Wildman–Crippen MR) is 91.2 cm³/mol. The molecule has 0 aromatic heterocycles. The van der Waals surface area contributed by atoms with Gasteiger partial charge in [0, 0.05) is 10.6 Å². The Morgan fingerprint density at radius 1 is 1.13 bits per heavy atom. The van der Waals surface area contributed by atoms with Crippen molar-refractivity contribution in [3.63, 3.8) is 0 Å². The molecule has 0 fully saturated rings. The van der Waals surface area contributed by atoms with E-state index in [0.717, 1.165) is 22.4 Å². The molecule has 0 aliphatic carbocycles. The third kappa shape index (κ3) is 3.30. The second-order valence-electron chi connectivity index (χ2n) is 5.23. The minimum Gasteiger partial charge on any atom is -0.496 e. The molecule has 3 nitrogen and oxygen atoms in total. The molecule has 0 saturated heterocycles. The van der Waals surface area contributed by atoms with Crippen LogP contribution in [-0.4, -0.2) is 13.1 Å². The van der Waals surface area contributed by atoms with Gasteiger partial charge in [-0.3, -0.25) is 0 Å². The van der Waals surface area contributed by atoms with Crippen LogP contribution in [0.2, 0.25) is 5.02 Å². The number of carbonyl (C=O) groups excluding carboxylic acids is 1. The van der Waals surface area contributed by atoms with Gasteiger partial charge < -0.3 is 9.47 Å². The van der Waals surface area contributed by atoms with Crippen LogP contribution in [0, 0.1) is 6.92 Å². The van der Waals surface area contributed by atoms with E-state index in [1.165, 1.54) is 0 Å². The molecule has 0 bridgehead atoms. The van der Waals surface area contributed by atoms with Crippen LogP contribution >= 0.6 is 11.6 Å². The van der Waals surface area contributed by atoms with Gasteiger partial charge >= 0.3 is 5.97 Å². The largest absolute Gasteiger partial charge is 0.496 e. The molecule has 0 N–H and O–H groups in total. The van der Waals surface area contributed by atoms with Gasteiger partial charge in [0.25, 0.3) is 0 Å². The number of cyclic esters (lactones) is 1. The van der Waals surface area contributed by atoms with Crippen molar-refractivity contribution in [2.45, 2.75) is 6.92 Å². The lowest BCUT2D eigenvalue weighted by Crippen LogP contribution is -1.97. The number of ether oxygens (including phenoxy) is 2. The lowest BCUT2D eigenvalue weighted by atomic mass is 10.1. The zero-order chi connectivity index (χ0) is 16.4. The van der Waals surface area contributed by atoms with Crippen LogP contribution in [0.15, 0.2) is 54.1 Å². The first-order valence-corrected chi connectivity index (χ1v) is 7.51. The summed E-state index contributed by atoms with van der Waals surface area (Å²) in [7, 11) is 1.63. The van der Waals surface area contributed by atoms with Crippen molar-refractivity contribution in [2.75, 3.05) is 7.11 Å². The summed E-state index contributed by atoms with van der Waals surface area (Å²) in [6.07, 6.45) is 3.54. The number of hydrogen-bond donors (Lipinski definition) is 0. The van der Waals surface area contributed by atoms with E-state index in [1.807, 2.05) is 37.3 Å². The molecule has 0 atom stereocenters. The maximum absolute atomic E-state index is 12.0. The van der Waals surface area contributed by atoms with Gasteiger partial charge in [-0.05, 0) is 66.6 Å². The molecule has 0 amide bonds. The van der Waals surface area contributed by atoms with Crippen LogP contribution in [0.3, 0.4) is 0 Å². The minimum absolute atomic E-state index is 0.358. The Morgan fingerprint density at radius 3 is 2.52 bits per heavy atom. The fraction of sp³-hybridized carbons (Fsp3) is 0.105. The second-order valence-corrected chi connectivity index (χ2v) is 5.67. The van der Waals surface area contributed by atoms with Gasteiger partial charge in [-0.15, -0.1) is 0 Å². The van der Waals surface area contributed by atoms with Crippen molar-refractivity contribution >= 4 is 29.4 Å². The van der Waals surface area contributed by atoms with Gasteiger partial charge in [-0.1, -0.05) is 17.7 Å². The van der Waals surface area contributed by atoms with Gasteiger partial charge in [-0.2, -0.15) is 0 Å². The highest BCUT2D eigenvalue weighted by Gasteiger charge is 2.21. The monoisotopic (exact) mass is 326 g/mol. The van der Waals surface area contributed by atoms with Crippen molar-refractivity contribution in [3.8, 4) is 5.75 Å². The number of esters is 1. The van der Waals surface area contributed by atoms with Gasteiger partial charge in [0.1, 0.15) is 11.5 Å². The van der Waals surface area contributed by atoms with E-state index >= 15 is 0 Å². The van der Waals surface area contributed by atoms with Crippen molar-refractivity contribution < 1.29 is 14.3 Å². The first-order chi connectivity index (χ1) is 11.1. The molecular weight excluding hydrogens is 312 g/mol. The summed E-state index contributed by atoms with van der Waals surface area (Å²) in [5.74, 6) is 0.991. The normalized spacial score (nSPS) is 15.5. The fourth-order valence-corrected chi connectivity index (χ4v) is 2.54. The average Bonchev–Trinajstić information content (AvgIpc) is 2.89. The smallest absolute Gasteiger partial charge is 0.343 e. The quantitative estimate of drug-likeness (QED) is 0.609. The Bertz CT molecular complexity index is 817. The zero-order valence-electron chi connectivity index (χ0n) is 12.8. The van der Waals surface area contributed by atoms with E-state index in [1.54, 1.807) is 31.4 Å². The van der Waals surface area contributed by atoms with Crippen LogP contribution in [0.1, 0.15) is 16.7 Å². The highest BCUT2D eigenvalue weighted by atomic mass is 35.5. The Hall–Kier alpha value is -2.52. The van der Waals surface area contributed by atoms with E-state index in [4.69, 9.17) is 21.1 Å². The molecule has 23 heavy (non-hydrogen) atoms. The van der Waals surface area contributed by atoms with E-state index < -0.39 is 0 Å². The van der Waals surface area contributed by atoms with E-state index in [2.05, 4.69) is 0 Å². The predicted octanol–water partition coefficient (Wildman–Crippen LogP) is 4.64. The summed E-state index contributed by atoms with van der Waals surface area (Å²) in [5, 5.41) is 0.642. The van der Waals surface area contributed by atoms with Crippen molar-refractivity contribution in [2.24, 2.45) is 0 Å². The van der Waals surface area contributed by atoms with Gasteiger partial charge in [0.2, 0.25) is 0 Å². The first-order valence-electron chi connectivity index (χ1n) is 7.13. The molecule has 1 aliphatic rings. The molecule has 3 rings (SSSR count). The molecule has 2 aromatic carbocycles. The topological polar surface area (TPSA) is 35.5 Å². The molecule has 0 spiro atoms. The number of aryl methyl sites for hydroxylation is 1. The highest BCUT2D eigenvalue weighted by Crippen LogP contribution is 2.29. The highest BCUT2D eigenvalue weighted by molar-refractivity contribution is 6.30. The van der Waals surface area contributed by atoms with Gasteiger partial charge in [0.15, 0.2) is 0 Å². The van der Waals surface area contributed by atoms with Crippen LogP contribution < -0.4 is 4.74 Å². The molecule has 0 radical (unpaired) electrons. The molecule has 116 valence electrons. The van der Waals surface area contributed by atoms with Gasteiger partial charge in [-0.25, -0.2) is 4.79 Å². The molecule has 0 saturated carbocycles. The molecule has 1 heterocycles. The summed E-state index contributed by atoms with van der Waals surface area (Å²) in [4.78, 5) is 12.0. The Kier molecular flexibility index (Phi) is 4.22. The molecular formula is C19H15ClO3. The van der Waals surface area contributed by atoms with Crippen molar-refractivity contribution in [1.29, 1.82) is 0 Å². The lowest BCUT2D eigenvalue weighted by molar-refractivity contribution is -0.130. The van der Waals surface area contributed by atoms with Crippen LogP contribution in [0.25, 0.3) is 11.8 Å². The van der Waals surface area contributed by atoms with Crippen molar-refractivity contribution in [3.05, 3.63) is 75.8 Å². The summed E-state index contributed by atoms with van der Waals surface area (Å²) in [6, 6.07) is 12.9. The number of benzene rings is 2. The number of methoxy groups -OCH3 is 1. The summed E-state index contributed by atoms with van der Waals surface area (Å²) in [6.45, 7) is 1.96. The first kappa shape index (κ1) is 15.4. The van der Waals surface area contributed by atoms with E-state index in [0.29, 0.717) is 16.4 Å². The lowest BCUT2D eigenvalue weighted by Gasteiger charge is -2.04. The Morgan fingerprint density at radius 2 is 1.87 bits per heavy atom. The Balaban J connectivity index is 1.91. The van der Waals surface area contributed by atoms with Crippen molar-refractivity contribution in [1.82, 2.24) is 0 Å². The summed E-state index contributed by atoms with van der Waals surface area (Å²) in [5.41, 5.74) is 3.26. The third-order valence-corrected chi connectivity index (χ3v) is 3.85. The Labute approximate surface area is 139 Å². The summed E-state index contributed by atoms with van der Waals surface area (Å²) >= 11 is 5.87. The van der Waals surface area contributed by atoms with Crippen LogP contribution in [0.4, 0.5) is 0 Å². The number of halogens is 1. The van der Waals surface area contributed by atoms with Crippen LogP contribution in [0.5, 0.6) is 5.75 Å². The molecule has 4 heteroatoms. The van der Waals surface area contributed by atoms with Crippen LogP contribution in [-0.2, 0) is 9.53 Å². The standard InChI is InChI=1S/C19H15ClO3/c1-12-9-13(3-8-17(12)22-2)10-15-11-18(23-19(15)21)14-4-6-16(20)7-5-14/h3-11H,1-2H3/b15-10+. The molecule has 2 aromatic rings. The summed E-state index contributed by atoms with van der Waals surface area (Å²) < 4.78 is 10.6. The number of carbonyl (C=O) groups is 1. The maximum Gasteiger partial charge on any atom is 0.343 e. The molecule has 1 aliphatic heterocycles.